The summed E-state index contributed by atoms with van der Waals surface area (Å²) in [6.45, 7) is 2.02. The fourth-order valence-corrected chi connectivity index (χ4v) is 1.76. The standard InChI is InChI=1S/C16H17NO3/c18-16(19)14-8-6-13(7-9-14)12-17-10-11-20-15-4-2-1-3-5-15/h1-9,17H,10-12H2,(H,18,19). The molecule has 0 aliphatic heterocycles. The third-order valence-corrected chi connectivity index (χ3v) is 2.82. The Kier molecular flexibility index (Phi) is 5.15. The summed E-state index contributed by atoms with van der Waals surface area (Å²) in [6, 6.07) is 16.5. The highest BCUT2D eigenvalue weighted by molar-refractivity contribution is 5.87. The van der Waals surface area contributed by atoms with Crippen molar-refractivity contribution < 1.29 is 14.6 Å². The number of carboxylic acids is 1. The van der Waals surface area contributed by atoms with Crippen molar-refractivity contribution in [3.8, 4) is 5.75 Å². The van der Waals surface area contributed by atoms with Crippen molar-refractivity contribution in [3.05, 3.63) is 65.7 Å². The molecule has 104 valence electrons. The topological polar surface area (TPSA) is 58.6 Å². The van der Waals surface area contributed by atoms with E-state index >= 15 is 0 Å². The Balaban J connectivity index is 1.67. The number of rotatable bonds is 7. The molecule has 2 rings (SSSR count). The molecule has 4 heteroatoms. The molecule has 0 fully saturated rings. The molecular formula is C16H17NO3. The van der Waals surface area contributed by atoms with Gasteiger partial charge in [0.15, 0.2) is 0 Å². The van der Waals surface area contributed by atoms with Gasteiger partial charge in [-0.3, -0.25) is 0 Å². The van der Waals surface area contributed by atoms with Crippen molar-refractivity contribution in [1.29, 1.82) is 0 Å². The van der Waals surface area contributed by atoms with Crippen molar-refractivity contribution in [1.82, 2.24) is 5.32 Å². The molecule has 0 radical (unpaired) electrons. The second kappa shape index (κ2) is 7.31. The molecule has 0 aliphatic rings. The second-order valence-electron chi connectivity index (χ2n) is 4.34. The van der Waals surface area contributed by atoms with Gasteiger partial charge in [0.1, 0.15) is 12.4 Å². The molecule has 0 unspecified atom stereocenters. The molecule has 0 saturated heterocycles. The van der Waals surface area contributed by atoms with Crippen LogP contribution < -0.4 is 10.1 Å². The minimum atomic E-state index is -0.902. The van der Waals surface area contributed by atoms with Crippen LogP contribution in [0.1, 0.15) is 15.9 Å². The zero-order valence-corrected chi connectivity index (χ0v) is 11.1. The maximum atomic E-state index is 10.7. The maximum absolute atomic E-state index is 10.7. The van der Waals surface area contributed by atoms with Gasteiger partial charge >= 0.3 is 5.97 Å². The Morgan fingerprint density at radius 2 is 1.75 bits per heavy atom. The smallest absolute Gasteiger partial charge is 0.335 e. The lowest BCUT2D eigenvalue weighted by Crippen LogP contribution is -2.20. The molecule has 2 N–H and O–H groups in total. The molecule has 0 atom stereocenters. The molecule has 0 aromatic heterocycles. The van der Waals surface area contributed by atoms with Crippen LogP contribution in [-0.4, -0.2) is 24.2 Å². The molecular weight excluding hydrogens is 254 g/mol. The second-order valence-corrected chi connectivity index (χ2v) is 4.34. The molecule has 0 saturated carbocycles. The van der Waals surface area contributed by atoms with E-state index in [1.165, 1.54) is 0 Å². The SMILES string of the molecule is O=C(O)c1ccc(CNCCOc2ccccc2)cc1. The van der Waals surface area contributed by atoms with E-state index in [1.807, 2.05) is 42.5 Å². The largest absolute Gasteiger partial charge is 0.492 e. The molecule has 2 aromatic carbocycles. The van der Waals surface area contributed by atoms with E-state index in [2.05, 4.69) is 5.32 Å². The summed E-state index contributed by atoms with van der Waals surface area (Å²) >= 11 is 0. The average molecular weight is 271 g/mol. The average Bonchev–Trinajstić information content (AvgIpc) is 2.48. The molecule has 4 nitrogen and oxygen atoms in total. The quantitative estimate of drug-likeness (QED) is 0.760. The van der Waals surface area contributed by atoms with Crippen LogP contribution in [0.15, 0.2) is 54.6 Å². The molecule has 0 amide bonds. The van der Waals surface area contributed by atoms with Gasteiger partial charge in [-0.1, -0.05) is 30.3 Å². The van der Waals surface area contributed by atoms with E-state index in [0.717, 1.165) is 17.9 Å². The van der Waals surface area contributed by atoms with Gasteiger partial charge in [0, 0.05) is 13.1 Å². The van der Waals surface area contributed by atoms with Crippen molar-refractivity contribution in [2.75, 3.05) is 13.2 Å². The summed E-state index contributed by atoms with van der Waals surface area (Å²) in [5.74, 6) is -0.0409. The first kappa shape index (κ1) is 14.1. The van der Waals surface area contributed by atoms with Gasteiger partial charge in [0.25, 0.3) is 0 Å². The lowest BCUT2D eigenvalue weighted by atomic mass is 10.1. The van der Waals surface area contributed by atoms with Crippen LogP contribution >= 0.6 is 0 Å². The highest BCUT2D eigenvalue weighted by Crippen LogP contribution is 2.07. The molecule has 0 aliphatic carbocycles. The van der Waals surface area contributed by atoms with E-state index in [1.54, 1.807) is 12.1 Å². The first-order chi connectivity index (χ1) is 9.75. The van der Waals surface area contributed by atoms with Gasteiger partial charge in [-0.2, -0.15) is 0 Å². The van der Waals surface area contributed by atoms with E-state index in [-0.39, 0.29) is 0 Å². The number of aromatic carboxylic acids is 1. The van der Waals surface area contributed by atoms with E-state index < -0.39 is 5.97 Å². The third kappa shape index (κ3) is 4.40. The number of benzene rings is 2. The Bertz CT molecular complexity index is 537. The van der Waals surface area contributed by atoms with Crippen LogP contribution in [0.5, 0.6) is 5.75 Å². The van der Waals surface area contributed by atoms with Gasteiger partial charge in [0.2, 0.25) is 0 Å². The van der Waals surface area contributed by atoms with Crippen LogP contribution in [0.4, 0.5) is 0 Å². The summed E-state index contributed by atoms with van der Waals surface area (Å²) in [5, 5.41) is 12.0. The van der Waals surface area contributed by atoms with Gasteiger partial charge in [-0.15, -0.1) is 0 Å². The van der Waals surface area contributed by atoms with Gasteiger partial charge < -0.3 is 15.2 Å². The summed E-state index contributed by atoms with van der Waals surface area (Å²) in [7, 11) is 0. The molecule has 2 aromatic rings. The zero-order chi connectivity index (χ0) is 14.2. The Morgan fingerprint density at radius 3 is 2.40 bits per heavy atom. The van der Waals surface area contributed by atoms with Crippen LogP contribution in [0, 0.1) is 0 Å². The maximum Gasteiger partial charge on any atom is 0.335 e. The summed E-state index contributed by atoms with van der Waals surface area (Å²) in [5.41, 5.74) is 1.36. The van der Waals surface area contributed by atoms with Crippen LogP contribution in [-0.2, 0) is 6.54 Å². The minimum Gasteiger partial charge on any atom is -0.492 e. The highest BCUT2D eigenvalue weighted by Gasteiger charge is 2.01. The lowest BCUT2D eigenvalue weighted by molar-refractivity contribution is 0.0697. The molecule has 0 bridgehead atoms. The number of nitrogens with one attached hydrogen (secondary N) is 1. The van der Waals surface area contributed by atoms with Crippen LogP contribution in [0.3, 0.4) is 0 Å². The number of carbonyl (C=O) groups is 1. The van der Waals surface area contributed by atoms with Crippen molar-refractivity contribution >= 4 is 5.97 Å². The molecule has 0 heterocycles. The van der Waals surface area contributed by atoms with Crippen molar-refractivity contribution in [2.45, 2.75) is 6.54 Å². The zero-order valence-electron chi connectivity index (χ0n) is 11.1. The van der Waals surface area contributed by atoms with E-state index in [0.29, 0.717) is 18.7 Å². The Hall–Kier alpha value is -2.33. The predicted molar refractivity (Wildman–Crippen MR) is 77.0 cm³/mol. The van der Waals surface area contributed by atoms with Gasteiger partial charge in [0.05, 0.1) is 5.56 Å². The highest BCUT2D eigenvalue weighted by atomic mass is 16.5. The fourth-order valence-electron chi connectivity index (χ4n) is 1.76. The predicted octanol–water partition coefficient (Wildman–Crippen LogP) is 2.55. The van der Waals surface area contributed by atoms with Crippen LogP contribution in [0.2, 0.25) is 0 Å². The van der Waals surface area contributed by atoms with Gasteiger partial charge in [-0.05, 0) is 29.8 Å². The number of hydrogen-bond acceptors (Lipinski definition) is 3. The molecule has 20 heavy (non-hydrogen) atoms. The first-order valence-corrected chi connectivity index (χ1v) is 6.46. The Morgan fingerprint density at radius 1 is 1.05 bits per heavy atom. The minimum absolute atomic E-state index is 0.307. The lowest BCUT2D eigenvalue weighted by Gasteiger charge is -2.07. The normalized spacial score (nSPS) is 10.2. The number of hydrogen-bond donors (Lipinski definition) is 2. The first-order valence-electron chi connectivity index (χ1n) is 6.46. The summed E-state index contributed by atoms with van der Waals surface area (Å²) in [6.07, 6.45) is 0. The Labute approximate surface area is 118 Å². The van der Waals surface area contributed by atoms with E-state index in [4.69, 9.17) is 9.84 Å². The number of para-hydroxylation sites is 1. The summed E-state index contributed by atoms with van der Waals surface area (Å²) in [4.78, 5) is 10.7. The molecule has 0 spiro atoms. The summed E-state index contributed by atoms with van der Waals surface area (Å²) < 4.78 is 5.55. The monoisotopic (exact) mass is 271 g/mol. The van der Waals surface area contributed by atoms with Crippen molar-refractivity contribution in [3.63, 3.8) is 0 Å². The van der Waals surface area contributed by atoms with Gasteiger partial charge in [-0.25, -0.2) is 4.79 Å². The number of ether oxygens (including phenoxy) is 1. The van der Waals surface area contributed by atoms with Crippen LogP contribution in [0.25, 0.3) is 0 Å². The van der Waals surface area contributed by atoms with Crippen molar-refractivity contribution in [2.24, 2.45) is 0 Å². The fraction of sp³-hybridized carbons (Fsp3) is 0.188. The number of carboxylic acid groups (broad SMARTS) is 1. The van der Waals surface area contributed by atoms with E-state index in [9.17, 15) is 4.79 Å². The third-order valence-electron chi connectivity index (χ3n) is 2.82.